The van der Waals surface area contributed by atoms with E-state index in [1.165, 1.54) is 5.56 Å². The number of aliphatic imine (C=N–C) groups is 1. The molecule has 0 amide bonds. The molecular weight excluding hydrogens is 398 g/mol. The maximum atomic E-state index is 4.75. The highest BCUT2D eigenvalue weighted by atomic mass is 15.3. The average molecular weight is 428 g/mol. The predicted molar refractivity (Wildman–Crippen MR) is 131 cm³/mol. The molecule has 2 N–H and O–H groups in total. The van der Waals surface area contributed by atoms with Gasteiger partial charge in [0.2, 0.25) is 0 Å². The quantitative estimate of drug-likeness (QED) is 0.361. The molecule has 1 atom stereocenters. The van der Waals surface area contributed by atoms with Gasteiger partial charge in [-0.25, -0.2) is 9.67 Å². The molecule has 0 saturated heterocycles. The van der Waals surface area contributed by atoms with Crippen molar-refractivity contribution in [1.82, 2.24) is 25.4 Å². The normalized spacial score (nSPS) is 12.6. The topological polar surface area (TPSA) is 70.4 Å². The summed E-state index contributed by atoms with van der Waals surface area (Å²) in [5.41, 5.74) is 4.35. The molecular formula is C25H29N7. The predicted octanol–water partition coefficient (Wildman–Crippen LogP) is 3.91. The molecule has 1 unspecified atom stereocenters. The number of nitrogens with zero attached hydrogens (tertiary/aromatic N) is 5. The Hall–Kier alpha value is -3.87. The molecule has 0 bridgehead atoms. The van der Waals surface area contributed by atoms with E-state index in [1.54, 1.807) is 13.2 Å². The van der Waals surface area contributed by atoms with Crippen molar-refractivity contribution >= 4 is 22.7 Å². The van der Waals surface area contributed by atoms with Crippen LogP contribution in [0.2, 0.25) is 0 Å². The number of para-hydroxylation sites is 1. The van der Waals surface area contributed by atoms with E-state index in [0.717, 1.165) is 33.9 Å². The van der Waals surface area contributed by atoms with E-state index in [4.69, 9.17) is 4.98 Å². The second-order valence-electron chi connectivity index (χ2n) is 7.89. The van der Waals surface area contributed by atoms with Crippen LogP contribution in [0, 0.1) is 0 Å². The number of aromatic nitrogens is 3. The van der Waals surface area contributed by atoms with Crippen molar-refractivity contribution in [1.29, 1.82) is 0 Å². The third-order valence-corrected chi connectivity index (χ3v) is 5.41. The molecule has 0 aliphatic carbocycles. The van der Waals surface area contributed by atoms with E-state index in [0.29, 0.717) is 6.54 Å². The highest BCUT2D eigenvalue weighted by molar-refractivity contribution is 5.85. The number of guanidine groups is 1. The van der Waals surface area contributed by atoms with Crippen molar-refractivity contribution in [2.24, 2.45) is 4.99 Å². The van der Waals surface area contributed by atoms with Crippen LogP contribution in [0.5, 0.6) is 0 Å². The summed E-state index contributed by atoms with van der Waals surface area (Å²) in [7, 11) is 5.81. The average Bonchev–Trinajstić information content (AvgIpc) is 3.36. The van der Waals surface area contributed by atoms with Crippen LogP contribution in [0.25, 0.3) is 16.6 Å². The van der Waals surface area contributed by atoms with E-state index in [9.17, 15) is 0 Å². The molecule has 4 rings (SSSR count). The van der Waals surface area contributed by atoms with Crippen molar-refractivity contribution in [2.45, 2.75) is 19.5 Å². The standard InChI is InChI=1S/C25H29N7/c1-18(19-9-7-10-21(15-19)32-14-8-13-28-32)29-25(26-2)27-17-20-16-24(31(3)4)30-23-12-6-5-11-22(20)23/h5-16,18H,17H2,1-4H3,(H2,26,27,29). The lowest BCUT2D eigenvalue weighted by atomic mass is 10.1. The monoisotopic (exact) mass is 427 g/mol. The molecule has 32 heavy (non-hydrogen) atoms. The van der Waals surface area contributed by atoms with Gasteiger partial charge in [-0.3, -0.25) is 4.99 Å². The largest absolute Gasteiger partial charge is 0.363 e. The van der Waals surface area contributed by atoms with Crippen LogP contribution in [0.3, 0.4) is 0 Å². The minimum atomic E-state index is 0.0724. The summed E-state index contributed by atoms with van der Waals surface area (Å²) in [4.78, 5) is 11.2. The number of nitrogens with one attached hydrogen (secondary N) is 2. The zero-order valence-electron chi connectivity index (χ0n) is 18.9. The third-order valence-electron chi connectivity index (χ3n) is 5.41. The number of benzene rings is 2. The minimum Gasteiger partial charge on any atom is -0.363 e. The van der Waals surface area contributed by atoms with Gasteiger partial charge in [-0.2, -0.15) is 5.10 Å². The van der Waals surface area contributed by atoms with Crippen molar-refractivity contribution in [3.63, 3.8) is 0 Å². The lowest BCUT2D eigenvalue weighted by Crippen LogP contribution is -2.38. The highest BCUT2D eigenvalue weighted by Gasteiger charge is 2.11. The lowest BCUT2D eigenvalue weighted by molar-refractivity contribution is 0.684. The van der Waals surface area contributed by atoms with E-state index < -0.39 is 0 Å². The third kappa shape index (κ3) is 4.72. The Morgan fingerprint density at radius 1 is 1.09 bits per heavy atom. The Balaban J connectivity index is 1.49. The van der Waals surface area contributed by atoms with E-state index >= 15 is 0 Å². The maximum absolute atomic E-state index is 4.75. The summed E-state index contributed by atoms with van der Waals surface area (Å²) >= 11 is 0. The summed E-state index contributed by atoms with van der Waals surface area (Å²) in [5.74, 6) is 1.68. The van der Waals surface area contributed by atoms with Crippen molar-refractivity contribution < 1.29 is 0 Å². The van der Waals surface area contributed by atoms with Gasteiger partial charge in [0.25, 0.3) is 0 Å². The first-order valence-corrected chi connectivity index (χ1v) is 10.7. The molecule has 0 aliphatic rings. The zero-order valence-corrected chi connectivity index (χ0v) is 18.9. The molecule has 2 aromatic carbocycles. The van der Waals surface area contributed by atoms with Crippen LogP contribution in [-0.4, -0.2) is 41.9 Å². The van der Waals surface area contributed by atoms with Crippen LogP contribution in [-0.2, 0) is 6.54 Å². The van der Waals surface area contributed by atoms with Crippen molar-refractivity contribution in [2.75, 3.05) is 26.0 Å². The first-order chi connectivity index (χ1) is 15.5. The fraction of sp³-hybridized carbons (Fsp3) is 0.240. The Morgan fingerprint density at radius 3 is 2.69 bits per heavy atom. The Labute approximate surface area is 188 Å². The van der Waals surface area contributed by atoms with Crippen LogP contribution >= 0.6 is 0 Å². The number of pyridine rings is 1. The van der Waals surface area contributed by atoms with Gasteiger partial charge in [0.05, 0.1) is 17.2 Å². The van der Waals surface area contributed by atoms with Gasteiger partial charge < -0.3 is 15.5 Å². The molecule has 2 aromatic heterocycles. The molecule has 0 aliphatic heterocycles. The van der Waals surface area contributed by atoms with Gasteiger partial charge in [0, 0.05) is 45.5 Å². The van der Waals surface area contributed by atoms with Crippen LogP contribution in [0.15, 0.2) is 78.0 Å². The Morgan fingerprint density at radius 2 is 1.94 bits per heavy atom. The van der Waals surface area contributed by atoms with Crippen LogP contribution in [0.1, 0.15) is 24.1 Å². The second kappa shape index (κ2) is 9.51. The molecule has 164 valence electrons. The molecule has 0 saturated carbocycles. The lowest BCUT2D eigenvalue weighted by Gasteiger charge is -2.20. The summed E-state index contributed by atoms with van der Waals surface area (Å²) in [5, 5.41) is 12.4. The maximum Gasteiger partial charge on any atom is 0.191 e. The van der Waals surface area contributed by atoms with E-state index in [2.05, 4.69) is 51.9 Å². The van der Waals surface area contributed by atoms with Crippen LogP contribution in [0.4, 0.5) is 5.82 Å². The zero-order chi connectivity index (χ0) is 22.5. The Bertz CT molecular complexity index is 1210. The van der Waals surface area contributed by atoms with E-state index in [-0.39, 0.29) is 6.04 Å². The molecule has 4 aromatic rings. The molecule has 7 nitrogen and oxygen atoms in total. The van der Waals surface area contributed by atoms with Gasteiger partial charge in [0.15, 0.2) is 5.96 Å². The van der Waals surface area contributed by atoms with Gasteiger partial charge in [0.1, 0.15) is 5.82 Å². The van der Waals surface area contributed by atoms with Crippen molar-refractivity contribution in [3.05, 3.63) is 84.2 Å². The first kappa shape index (κ1) is 21.4. The van der Waals surface area contributed by atoms with Gasteiger partial charge in [-0.05, 0) is 48.4 Å². The number of hydrogen-bond donors (Lipinski definition) is 2. The summed E-state index contributed by atoms with van der Waals surface area (Å²) < 4.78 is 1.86. The summed E-state index contributed by atoms with van der Waals surface area (Å²) in [6, 6.07) is 20.7. The second-order valence-corrected chi connectivity index (χ2v) is 7.89. The van der Waals surface area contributed by atoms with Gasteiger partial charge in [-0.1, -0.05) is 30.3 Å². The van der Waals surface area contributed by atoms with Crippen LogP contribution < -0.4 is 15.5 Å². The Kier molecular flexibility index (Phi) is 6.35. The SMILES string of the molecule is CN=C(NCc1cc(N(C)C)nc2ccccc12)NC(C)c1cccc(-n2cccn2)c1. The smallest absolute Gasteiger partial charge is 0.191 e. The van der Waals surface area contributed by atoms with Gasteiger partial charge >= 0.3 is 0 Å². The summed E-state index contributed by atoms with van der Waals surface area (Å²) in [6.45, 7) is 2.77. The number of rotatable bonds is 6. The molecule has 0 fully saturated rings. The molecule has 7 heteroatoms. The fourth-order valence-corrected chi connectivity index (χ4v) is 3.63. The molecule has 2 heterocycles. The van der Waals surface area contributed by atoms with E-state index in [1.807, 2.05) is 66.3 Å². The summed E-state index contributed by atoms with van der Waals surface area (Å²) in [6.07, 6.45) is 3.73. The van der Waals surface area contributed by atoms with Gasteiger partial charge in [-0.15, -0.1) is 0 Å². The minimum absolute atomic E-state index is 0.0724. The first-order valence-electron chi connectivity index (χ1n) is 10.7. The molecule has 0 radical (unpaired) electrons. The fourth-order valence-electron chi connectivity index (χ4n) is 3.63. The number of hydrogen-bond acceptors (Lipinski definition) is 4. The number of fused-ring (bicyclic) bond motifs is 1. The molecule has 0 spiro atoms. The van der Waals surface area contributed by atoms with Crippen molar-refractivity contribution in [3.8, 4) is 5.69 Å². The highest BCUT2D eigenvalue weighted by Crippen LogP contribution is 2.22. The number of anilines is 1.